The Bertz CT molecular complexity index is 85.0. The molecule has 0 radical (unpaired) electrons. The maximum atomic E-state index is 5.29. The topological polar surface area (TPSA) is 9.23 Å². The zero-order chi connectivity index (χ0) is 9.40. The van der Waals surface area contributed by atoms with E-state index in [1.165, 1.54) is 32.1 Å². The van der Waals surface area contributed by atoms with Crippen LogP contribution in [0.3, 0.4) is 0 Å². The summed E-state index contributed by atoms with van der Waals surface area (Å²) in [5, 5.41) is 0. The van der Waals surface area contributed by atoms with Crippen LogP contribution in [0.15, 0.2) is 0 Å². The molecule has 1 saturated carbocycles. The maximum absolute atomic E-state index is 5.29. The van der Waals surface area contributed by atoms with E-state index in [0.717, 1.165) is 5.92 Å². The van der Waals surface area contributed by atoms with E-state index in [0.29, 0.717) is 6.10 Å². The Morgan fingerprint density at radius 3 is 2.00 bits per heavy atom. The Balaban J connectivity index is 0.000000561. The van der Waals surface area contributed by atoms with Crippen molar-refractivity contribution in [3.8, 4) is 0 Å². The lowest BCUT2D eigenvalue weighted by Gasteiger charge is -2.26. The Morgan fingerprint density at radius 2 is 1.58 bits per heavy atom. The summed E-state index contributed by atoms with van der Waals surface area (Å²) < 4.78 is 5.29. The first-order valence-corrected chi connectivity index (χ1v) is 5.37. The minimum absolute atomic E-state index is 0.486. The largest absolute Gasteiger partial charge is 0.381 e. The van der Waals surface area contributed by atoms with Crippen LogP contribution in [0.25, 0.3) is 0 Å². The Hall–Kier alpha value is -0.0400. The number of hydrogen-bond acceptors (Lipinski definition) is 1. The molecule has 0 heterocycles. The summed E-state index contributed by atoms with van der Waals surface area (Å²) in [5.41, 5.74) is 0. The van der Waals surface area contributed by atoms with E-state index in [2.05, 4.69) is 6.92 Å². The number of ether oxygens (including phenoxy) is 1. The summed E-state index contributed by atoms with van der Waals surface area (Å²) in [5.74, 6) is 0.846. The number of hydrogen-bond donors (Lipinski definition) is 0. The van der Waals surface area contributed by atoms with Gasteiger partial charge in [0.1, 0.15) is 0 Å². The van der Waals surface area contributed by atoms with Crippen LogP contribution in [-0.2, 0) is 4.74 Å². The van der Waals surface area contributed by atoms with E-state index in [9.17, 15) is 0 Å². The highest BCUT2D eigenvalue weighted by Crippen LogP contribution is 2.27. The van der Waals surface area contributed by atoms with E-state index < -0.39 is 0 Å². The van der Waals surface area contributed by atoms with E-state index in [1.54, 1.807) is 0 Å². The third-order valence-electron chi connectivity index (χ3n) is 2.69. The van der Waals surface area contributed by atoms with Crippen LogP contribution in [0.2, 0.25) is 0 Å². The summed E-state index contributed by atoms with van der Waals surface area (Å²) in [4.78, 5) is 0. The van der Waals surface area contributed by atoms with Gasteiger partial charge in [0.05, 0.1) is 6.10 Å². The van der Waals surface area contributed by atoms with Gasteiger partial charge in [0.25, 0.3) is 0 Å². The quantitative estimate of drug-likeness (QED) is 0.618. The molecule has 1 nitrogen and oxygen atoms in total. The van der Waals surface area contributed by atoms with Gasteiger partial charge in [-0.1, -0.05) is 33.1 Å². The fourth-order valence-corrected chi connectivity index (χ4v) is 1.80. The zero-order valence-corrected chi connectivity index (χ0v) is 9.10. The third-order valence-corrected chi connectivity index (χ3v) is 2.69. The average molecular weight is 172 g/mol. The van der Waals surface area contributed by atoms with Crippen LogP contribution in [-0.4, -0.2) is 13.2 Å². The lowest BCUT2D eigenvalue weighted by atomic mass is 9.86. The van der Waals surface area contributed by atoms with Gasteiger partial charge in [-0.25, -0.2) is 0 Å². The number of rotatable bonds is 2. The van der Waals surface area contributed by atoms with Crippen molar-refractivity contribution in [2.45, 2.75) is 59.0 Å². The summed E-state index contributed by atoms with van der Waals surface area (Å²) in [6, 6.07) is 0. The molecule has 1 fully saturated rings. The van der Waals surface area contributed by atoms with Gasteiger partial charge in [-0.2, -0.15) is 0 Å². The SMILES string of the molecule is CC.COC(C)C1CCCCC1. The molecule has 0 aromatic carbocycles. The van der Waals surface area contributed by atoms with E-state index in [-0.39, 0.29) is 0 Å². The van der Waals surface area contributed by atoms with Crippen LogP contribution in [0.4, 0.5) is 0 Å². The molecule has 0 N–H and O–H groups in total. The van der Waals surface area contributed by atoms with Gasteiger partial charge in [-0.05, 0) is 25.7 Å². The molecule has 74 valence electrons. The molecule has 0 aromatic rings. The van der Waals surface area contributed by atoms with Gasteiger partial charge in [0, 0.05) is 7.11 Å². The molecule has 0 aromatic heterocycles. The van der Waals surface area contributed by atoms with E-state index in [1.807, 2.05) is 21.0 Å². The fraction of sp³-hybridized carbons (Fsp3) is 1.00. The van der Waals surface area contributed by atoms with Crippen LogP contribution in [0, 0.1) is 5.92 Å². The number of methoxy groups -OCH3 is 1. The standard InChI is InChI=1S/C9H18O.C2H6/c1-8(10-2)9-6-4-3-5-7-9;1-2/h8-9H,3-7H2,1-2H3;1-2H3. The highest BCUT2D eigenvalue weighted by Gasteiger charge is 2.18. The fourth-order valence-electron chi connectivity index (χ4n) is 1.80. The van der Waals surface area contributed by atoms with Crippen LogP contribution in [0.5, 0.6) is 0 Å². The first kappa shape index (κ1) is 12.0. The molecule has 0 amide bonds. The van der Waals surface area contributed by atoms with Gasteiger partial charge < -0.3 is 4.74 Å². The van der Waals surface area contributed by atoms with Crippen molar-refractivity contribution in [1.29, 1.82) is 0 Å². The second kappa shape index (κ2) is 7.60. The van der Waals surface area contributed by atoms with Crippen molar-refractivity contribution < 1.29 is 4.74 Å². The highest BCUT2D eigenvalue weighted by molar-refractivity contribution is 4.70. The molecule has 0 bridgehead atoms. The summed E-state index contributed by atoms with van der Waals surface area (Å²) in [7, 11) is 1.82. The summed E-state index contributed by atoms with van der Waals surface area (Å²) in [6.07, 6.45) is 7.52. The van der Waals surface area contributed by atoms with Crippen LogP contribution >= 0.6 is 0 Å². The van der Waals surface area contributed by atoms with E-state index >= 15 is 0 Å². The Labute approximate surface area is 77.5 Å². The predicted octanol–water partition coefficient (Wildman–Crippen LogP) is 3.63. The monoisotopic (exact) mass is 172 g/mol. The maximum Gasteiger partial charge on any atom is 0.0571 e. The minimum atomic E-state index is 0.486. The molecule has 1 aliphatic carbocycles. The first-order chi connectivity index (χ1) is 5.84. The Morgan fingerprint density at radius 1 is 1.08 bits per heavy atom. The smallest absolute Gasteiger partial charge is 0.0571 e. The van der Waals surface area contributed by atoms with Crippen molar-refractivity contribution in [2.24, 2.45) is 5.92 Å². The molecule has 0 spiro atoms. The van der Waals surface area contributed by atoms with Gasteiger partial charge in [0.15, 0.2) is 0 Å². The van der Waals surface area contributed by atoms with Crippen LogP contribution in [0.1, 0.15) is 52.9 Å². The molecular formula is C11H24O. The Kier molecular flexibility index (Phi) is 7.58. The van der Waals surface area contributed by atoms with Crippen molar-refractivity contribution in [3.63, 3.8) is 0 Å². The van der Waals surface area contributed by atoms with Crippen molar-refractivity contribution >= 4 is 0 Å². The van der Waals surface area contributed by atoms with Crippen molar-refractivity contribution in [2.75, 3.05) is 7.11 Å². The van der Waals surface area contributed by atoms with Crippen LogP contribution < -0.4 is 0 Å². The summed E-state index contributed by atoms with van der Waals surface area (Å²) >= 11 is 0. The molecule has 1 heteroatoms. The first-order valence-electron chi connectivity index (χ1n) is 5.37. The van der Waals surface area contributed by atoms with Crippen molar-refractivity contribution in [1.82, 2.24) is 0 Å². The van der Waals surface area contributed by atoms with Gasteiger partial charge >= 0.3 is 0 Å². The highest BCUT2D eigenvalue weighted by atomic mass is 16.5. The van der Waals surface area contributed by atoms with Gasteiger partial charge in [0.2, 0.25) is 0 Å². The average Bonchev–Trinajstić information content (AvgIpc) is 2.21. The minimum Gasteiger partial charge on any atom is -0.381 e. The van der Waals surface area contributed by atoms with Gasteiger partial charge in [-0.15, -0.1) is 0 Å². The van der Waals surface area contributed by atoms with Crippen molar-refractivity contribution in [3.05, 3.63) is 0 Å². The molecule has 1 rings (SSSR count). The third kappa shape index (κ3) is 4.10. The normalized spacial score (nSPS) is 21.0. The second-order valence-electron chi connectivity index (χ2n) is 3.34. The molecule has 0 aliphatic heterocycles. The predicted molar refractivity (Wildman–Crippen MR) is 54.4 cm³/mol. The molecule has 1 aliphatic rings. The summed E-state index contributed by atoms with van der Waals surface area (Å²) in [6.45, 7) is 6.19. The zero-order valence-electron chi connectivity index (χ0n) is 9.10. The lowest BCUT2D eigenvalue weighted by Crippen LogP contribution is -2.21. The molecular weight excluding hydrogens is 148 g/mol. The van der Waals surface area contributed by atoms with Gasteiger partial charge in [-0.3, -0.25) is 0 Å². The molecule has 0 saturated heterocycles. The lowest BCUT2D eigenvalue weighted by molar-refractivity contribution is 0.0507. The van der Waals surface area contributed by atoms with E-state index in [4.69, 9.17) is 4.74 Å². The molecule has 1 unspecified atom stereocenters. The molecule has 12 heavy (non-hydrogen) atoms. The second-order valence-corrected chi connectivity index (χ2v) is 3.34. The molecule has 1 atom stereocenters.